The molecule has 20 heavy (non-hydrogen) atoms. The maximum Gasteiger partial charge on any atom is 0.122 e. The van der Waals surface area contributed by atoms with E-state index in [0.29, 0.717) is 0 Å². The summed E-state index contributed by atoms with van der Waals surface area (Å²) in [4.78, 5) is 0. The second kappa shape index (κ2) is 6.17. The first-order chi connectivity index (χ1) is 9.41. The van der Waals surface area contributed by atoms with Crippen molar-refractivity contribution in [2.75, 3.05) is 20.2 Å². The Bertz CT molecular complexity index is 453. The molecule has 1 fully saturated rings. The quantitative estimate of drug-likeness (QED) is 0.905. The molecule has 0 radical (unpaired) electrons. The zero-order chi connectivity index (χ0) is 14.8. The van der Waals surface area contributed by atoms with E-state index in [2.05, 4.69) is 45.1 Å². The van der Waals surface area contributed by atoms with E-state index in [-0.39, 0.29) is 5.41 Å². The monoisotopic (exact) mass is 275 g/mol. The fourth-order valence-electron chi connectivity index (χ4n) is 3.10. The van der Waals surface area contributed by atoms with Crippen LogP contribution in [0.4, 0.5) is 0 Å². The molecule has 0 aliphatic carbocycles. The molecule has 0 saturated carbocycles. The molecule has 0 unspecified atom stereocenters. The lowest BCUT2D eigenvalue weighted by atomic mass is 9.82. The predicted octanol–water partition coefficient (Wildman–Crippen LogP) is 3.84. The third-order valence-corrected chi connectivity index (χ3v) is 4.43. The van der Waals surface area contributed by atoms with Crippen molar-refractivity contribution in [1.29, 1.82) is 0 Å². The van der Waals surface area contributed by atoms with Gasteiger partial charge in [0, 0.05) is 0 Å². The number of benzene rings is 1. The van der Waals surface area contributed by atoms with Crippen molar-refractivity contribution in [3.8, 4) is 5.75 Å². The van der Waals surface area contributed by atoms with Crippen LogP contribution < -0.4 is 10.1 Å². The molecule has 0 atom stereocenters. The van der Waals surface area contributed by atoms with Gasteiger partial charge in [0.05, 0.1) is 7.11 Å². The number of hydrogen-bond acceptors (Lipinski definition) is 2. The van der Waals surface area contributed by atoms with Crippen LogP contribution in [0.5, 0.6) is 5.75 Å². The summed E-state index contributed by atoms with van der Waals surface area (Å²) < 4.78 is 5.64. The molecular formula is C18H29NO. The molecular weight excluding hydrogens is 246 g/mol. The second-order valence-electron chi connectivity index (χ2n) is 7.13. The van der Waals surface area contributed by atoms with Crippen LogP contribution in [0.25, 0.3) is 0 Å². The molecule has 0 aromatic heterocycles. The van der Waals surface area contributed by atoms with E-state index in [0.717, 1.165) is 11.7 Å². The molecule has 2 heteroatoms. The third-order valence-electron chi connectivity index (χ3n) is 4.43. The normalized spacial score (nSPS) is 17.2. The van der Waals surface area contributed by atoms with Gasteiger partial charge in [0.15, 0.2) is 0 Å². The topological polar surface area (TPSA) is 21.3 Å². The molecule has 2 nitrogen and oxygen atoms in total. The van der Waals surface area contributed by atoms with Gasteiger partial charge in [-0.3, -0.25) is 0 Å². The number of aryl methyl sites for hydroxylation is 1. The minimum absolute atomic E-state index is 0.128. The summed E-state index contributed by atoms with van der Waals surface area (Å²) in [6, 6.07) is 4.60. The lowest BCUT2D eigenvalue weighted by molar-refractivity contribution is 0.369. The van der Waals surface area contributed by atoms with Gasteiger partial charge in [-0.25, -0.2) is 0 Å². The second-order valence-corrected chi connectivity index (χ2v) is 7.13. The van der Waals surface area contributed by atoms with Crippen LogP contribution >= 0.6 is 0 Å². The van der Waals surface area contributed by atoms with Crippen molar-refractivity contribution < 1.29 is 4.74 Å². The maximum absolute atomic E-state index is 5.64. The largest absolute Gasteiger partial charge is 0.496 e. The van der Waals surface area contributed by atoms with Gasteiger partial charge in [0.2, 0.25) is 0 Å². The summed E-state index contributed by atoms with van der Waals surface area (Å²) in [6.07, 6.45) is 3.78. The Kier molecular flexibility index (Phi) is 4.74. The maximum atomic E-state index is 5.64. The first-order valence-electron chi connectivity index (χ1n) is 7.80. The van der Waals surface area contributed by atoms with Crippen molar-refractivity contribution in [3.63, 3.8) is 0 Å². The zero-order valence-electron chi connectivity index (χ0n) is 13.7. The minimum atomic E-state index is 0.128. The molecule has 1 aliphatic heterocycles. The van der Waals surface area contributed by atoms with Crippen molar-refractivity contribution in [1.82, 2.24) is 5.32 Å². The molecule has 0 amide bonds. The van der Waals surface area contributed by atoms with Crippen molar-refractivity contribution in [2.45, 2.75) is 52.4 Å². The number of nitrogens with one attached hydrogen (secondary N) is 1. The van der Waals surface area contributed by atoms with Gasteiger partial charge >= 0.3 is 0 Å². The van der Waals surface area contributed by atoms with Gasteiger partial charge in [-0.05, 0) is 73.4 Å². The third kappa shape index (κ3) is 3.54. The van der Waals surface area contributed by atoms with E-state index in [1.807, 2.05) is 0 Å². The lowest BCUT2D eigenvalue weighted by Crippen LogP contribution is -2.28. The van der Waals surface area contributed by atoms with E-state index in [9.17, 15) is 0 Å². The summed E-state index contributed by atoms with van der Waals surface area (Å²) in [5, 5.41) is 3.44. The summed E-state index contributed by atoms with van der Waals surface area (Å²) in [7, 11) is 1.79. The Balaban J connectivity index is 2.25. The molecule has 0 spiro atoms. The van der Waals surface area contributed by atoms with Crippen molar-refractivity contribution in [3.05, 3.63) is 28.8 Å². The number of rotatable bonds is 3. The molecule has 1 aromatic rings. The molecule has 2 rings (SSSR count). The summed E-state index contributed by atoms with van der Waals surface area (Å²) in [5.74, 6) is 1.87. The number of ether oxygens (including phenoxy) is 1. The molecule has 1 heterocycles. The van der Waals surface area contributed by atoms with Crippen LogP contribution in [0.2, 0.25) is 0 Å². The van der Waals surface area contributed by atoms with Gasteiger partial charge in [-0.2, -0.15) is 0 Å². The first kappa shape index (κ1) is 15.4. The number of methoxy groups -OCH3 is 1. The predicted molar refractivity (Wildman–Crippen MR) is 85.7 cm³/mol. The van der Waals surface area contributed by atoms with Crippen LogP contribution in [0.3, 0.4) is 0 Å². The van der Waals surface area contributed by atoms with Crippen LogP contribution in [0, 0.1) is 12.8 Å². The Morgan fingerprint density at radius 3 is 2.40 bits per heavy atom. The summed E-state index contributed by atoms with van der Waals surface area (Å²) >= 11 is 0. The van der Waals surface area contributed by atoms with E-state index in [1.165, 1.54) is 49.0 Å². The fourth-order valence-corrected chi connectivity index (χ4v) is 3.10. The number of piperidine rings is 1. The van der Waals surface area contributed by atoms with Gasteiger partial charge in [0.1, 0.15) is 5.75 Å². The van der Waals surface area contributed by atoms with Crippen LogP contribution in [-0.4, -0.2) is 20.2 Å². The van der Waals surface area contributed by atoms with Gasteiger partial charge in [-0.1, -0.05) is 26.8 Å². The molecule has 1 aromatic carbocycles. The highest BCUT2D eigenvalue weighted by Crippen LogP contribution is 2.34. The van der Waals surface area contributed by atoms with Crippen LogP contribution in [0.1, 0.15) is 50.3 Å². The highest BCUT2D eigenvalue weighted by Gasteiger charge is 2.21. The fraction of sp³-hybridized carbons (Fsp3) is 0.667. The van der Waals surface area contributed by atoms with Gasteiger partial charge in [0.25, 0.3) is 0 Å². The summed E-state index contributed by atoms with van der Waals surface area (Å²) in [5.41, 5.74) is 4.31. The minimum Gasteiger partial charge on any atom is -0.496 e. The van der Waals surface area contributed by atoms with E-state index in [4.69, 9.17) is 4.74 Å². The summed E-state index contributed by atoms with van der Waals surface area (Å²) in [6.45, 7) is 11.3. The van der Waals surface area contributed by atoms with Crippen LogP contribution in [-0.2, 0) is 11.8 Å². The van der Waals surface area contributed by atoms with Gasteiger partial charge < -0.3 is 10.1 Å². The van der Waals surface area contributed by atoms with E-state index < -0.39 is 0 Å². The van der Waals surface area contributed by atoms with Gasteiger partial charge in [-0.15, -0.1) is 0 Å². The average Bonchev–Trinajstić information content (AvgIpc) is 2.40. The zero-order valence-corrected chi connectivity index (χ0v) is 13.7. The first-order valence-corrected chi connectivity index (χ1v) is 7.80. The smallest absolute Gasteiger partial charge is 0.122 e. The molecule has 1 aliphatic rings. The Hall–Kier alpha value is -1.02. The van der Waals surface area contributed by atoms with Crippen LogP contribution in [0.15, 0.2) is 12.1 Å². The number of hydrogen-bond donors (Lipinski definition) is 1. The standard InChI is InChI=1S/C18H29NO/c1-13-10-16(18(2,3)4)17(20-5)12-15(13)11-14-6-8-19-9-7-14/h10,12,14,19H,6-9,11H2,1-5H3. The average molecular weight is 275 g/mol. The highest BCUT2D eigenvalue weighted by molar-refractivity contribution is 5.45. The van der Waals surface area contributed by atoms with Crippen molar-refractivity contribution in [2.24, 2.45) is 5.92 Å². The molecule has 1 N–H and O–H groups in total. The molecule has 112 valence electrons. The molecule has 0 bridgehead atoms. The Labute approximate surface area is 123 Å². The van der Waals surface area contributed by atoms with E-state index in [1.54, 1.807) is 7.11 Å². The Morgan fingerprint density at radius 1 is 1.20 bits per heavy atom. The highest BCUT2D eigenvalue weighted by atomic mass is 16.5. The SMILES string of the molecule is COc1cc(CC2CCNCC2)c(C)cc1C(C)(C)C. The Morgan fingerprint density at radius 2 is 1.85 bits per heavy atom. The van der Waals surface area contributed by atoms with E-state index >= 15 is 0 Å². The van der Waals surface area contributed by atoms with Crippen molar-refractivity contribution >= 4 is 0 Å². The lowest BCUT2D eigenvalue weighted by Gasteiger charge is -2.26. The molecule has 1 saturated heterocycles.